The van der Waals surface area contributed by atoms with Crippen LogP contribution in [0.4, 0.5) is 10.6 Å². The summed E-state index contributed by atoms with van der Waals surface area (Å²) in [4.78, 5) is 37.5. The van der Waals surface area contributed by atoms with E-state index in [2.05, 4.69) is 15.3 Å². The second-order valence-electron chi connectivity index (χ2n) is 8.33. The van der Waals surface area contributed by atoms with Crippen LogP contribution in [-0.4, -0.2) is 89.7 Å². The maximum atomic E-state index is 11.5. The van der Waals surface area contributed by atoms with Gasteiger partial charge >= 0.3 is 12.1 Å². The predicted molar refractivity (Wildman–Crippen MR) is 126 cm³/mol. The molecule has 3 atom stereocenters. The van der Waals surface area contributed by atoms with Crippen LogP contribution in [0.15, 0.2) is 30.5 Å². The van der Waals surface area contributed by atoms with E-state index in [0.29, 0.717) is 30.3 Å². The molecule has 0 radical (unpaired) electrons. The molecule has 0 bridgehead atoms. The number of aliphatic hydroxyl groups excluding tert-OH is 1. The van der Waals surface area contributed by atoms with Crippen molar-refractivity contribution in [3.8, 4) is 11.3 Å². The van der Waals surface area contributed by atoms with E-state index in [9.17, 15) is 24.9 Å². The molecule has 3 aromatic rings. The molecule has 12 nitrogen and oxygen atoms in total. The van der Waals surface area contributed by atoms with Crippen molar-refractivity contribution in [2.45, 2.75) is 45.0 Å². The molecule has 0 saturated carbocycles. The van der Waals surface area contributed by atoms with Gasteiger partial charge in [0.25, 0.3) is 0 Å². The van der Waals surface area contributed by atoms with Gasteiger partial charge in [0.05, 0.1) is 30.5 Å². The van der Waals surface area contributed by atoms with Crippen molar-refractivity contribution < 1.29 is 29.6 Å². The summed E-state index contributed by atoms with van der Waals surface area (Å²) in [6, 6.07) is 5.76. The van der Waals surface area contributed by atoms with E-state index in [-0.39, 0.29) is 19.6 Å². The molecule has 4 heterocycles. The van der Waals surface area contributed by atoms with Crippen LogP contribution in [0.1, 0.15) is 19.2 Å². The Balaban J connectivity index is 1.64. The predicted octanol–water partition coefficient (Wildman–Crippen LogP) is 1.82. The second-order valence-corrected chi connectivity index (χ2v) is 8.33. The van der Waals surface area contributed by atoms with Gasteiger partial charge in [-0.05, 0) is 32.0 Å². The number of anilines is 1. The quantitative estimate of drug-likeness (QED) is 0.352. The summed E-state index contributed by atoms with van der Waals surface area (Å²) in [5.74, 6) is 0.0560. The fourth-order valence-corrected chi connectivity index (χ4v) is 4.46. The number of likely N-dealkylation sites (tertiary alicyclic amines) is 1. The van der Waals surface area contributed by atoms with Crippen LogP contribution in [0.25, 0.3) is 22.4 Å². The van der Waals surface area contributed by atoms with E-state index in [1.807, 2.05) is 36.6 Å². The number of ether oxygens (including phenoxy) is 1. The van der Waals surface area contributed by atoms with E-state index in [4.69, 9.17) is 9.72 Å². The van der Waals surface area contributed by atoms with Gasteiger partial charge in [0.15, 0.2) is 5.65 Å². The zero-order chi connectivity index (χ0) is 25.1. The van der Waals surface area contributed by atoms with Crippen molar-refractivity contribution in [3.05, 3.63) is 36.3 Å². The number of aryl methyl sites for hydroxylation is 1. The number of amides is 1. The molecule has 3 aromatic heterocycles. The van der Waals surface area contributed by atoms with Crippen molar-refractivity contribution in [2.75, 3.05) is 25.1 Å². The molecule has 1 unspecified atom stereocenters. The monoisotopic (exact) mass is 484 g/mol. The minimum Gasteiger partial charge on any atom is -0.480 e. The van der Waals surface area contributed by atoms with Gasteiger partial charge in [0.2, 0.25) is 0 Å². The van der Waals surface area contributed by atoms with Gasteiger partial charge in [-0.2, -0.15) is 0 Å². The molecule has 4 rings (SSSR count). The summed E-state index contributed by atoms with van der Waals surface area (Å²) >= 11 is 0. The number of nitrogens with zero attached hydrogens (tertiary/aromatic N) is 5. The SMILES string of the molecule is CCOC(CO)Cn1c(C)nc2nccc(-c3cccc(N[C@H]4C[C@@H](C(=O)O)N(C(=O)O)C4)n3)c21. The molecule has 4 N–H and O–H groups in total. The largest absolute Gasteiger partial charge is 0.480 e. The first-order chi connectivity index (χ1) is 16.8. The molecule has 12 heteroatoms. The summed E-state index contributed by atoms with van der Waals surface area (Å²) < 4.78 is 7.58. The molecule has 35 heavy (non-hydrogen) atoms. The highest BCUT2D eigenvalue weighted by atomic mass is 16.5. The molecule has 1 saturated heterocycles. The Morgan fingerprint density at radius 1 is 1.26 bits per heavy atom. The average molecular weight is 485 g/mol. The summed E-state index contributed by atoms with van der Waals surface area (Å²) in [5, 5.41) is 31.6. The van der Waals surface area contributed by atoms with Crippen LogP contribution in [0.3, 0.4) is 0 Å². The average Bonchev–Trinajstić information content (AvgIpc) is 3.40. The normalized spacial score (nSPS) is 18.7. The molecule has 0 aliphatic carbocycles. The van der Waals surface area contributed by atoms with E-state index in [1.165, 1.54) is 0 Å². The third-order valence-electron chi connectivity index (χ3n) is 6.03. The lowest BCUT2D eigenvalue weighted by Crippen LogP contribution is -2.39. The van der Waals surface area contributed by atoms with Crippen LogP contribution in [0.5, 0.6) is 0 Å². The topological polar surface area (TPSA) is 163 Å². The number of carboxylic acid groups (broad SMARTS) is 2. The Labute approximate surface area is 201 Å². The highest BCUT2D eigenvalue weighted by Gasteiger charge is 2.40. The van der Waals surface area contributed by atoms with Crippen LogP contribution in [0, 0.1) is 6.92 Å². The van der Waals surface area contributed by atoms with E-state index < -0.39 is 30.3 Å². The van der Waals surface area contributed by atoms with Crippen molar-refractivity contribution in [3.63, 3.8) is 0 Å². The first-order valence-corrected chi connectivity index (χ1v) is 11.3. The van der Waals surface area contributed by atoms with Gasteiger partial charge in [-0.3, -0.25) is 4.90 Å². The van der Waals surface area contributed by atoms with Gasteiger partial charge in [-0.1, -0.05) is 6.07 Å². The maximum Gasteiger partial charge on any atom is 0.408 e. The molecule has 186 valence electrons. The fraction of sp³-hybridized carbons (Fsp3) is 0.435. The third-order valence-corrected chi connectivity index (χ3v) is 6.03. The van der Waals surface area contributed by atoms with Crippen LogP contribution < -0.4 is 5.32 Å². The maximum absolute atomic E-state index is 11.5. The van der Waals surface area contributed by atoms with Crippen molar-refractivity contribution in [1.82, 2.24) is 24.4 Å². The number of aliphatic carboxylic acids is 1. The van der Waals surface area contributed by atoms with Crippen molar-refractivity contribution >= 4 is 29.0 Å². The van der Waals surface area contributed by atoms with Gasteiger partial charge in [0, 0.05) is 37.4 Å². The molecule has 0 spiro atoms. The first-order valence-electron chi connectivity index (χ1n) is 11.3. The van der Waals surface area contributed by atoms with E-state index in [0.717, 1.165) is 21.8 Å². The second kappa shape index (κ2) is 10.2. The third kappa shape index (κ3) is 5.03. The number of aromatic nitrogens is 4. The summed E-state index contributed by atoms with van der Waals surface area (Å²) in [7, 11) is 0. The number of nitrogens with one attached hydrogen (secondary N) is 1. The summed E-state index contributed by atoms with van der Waals surface area (Å²) in [6.07, 6.45) is 0.131. The number of imidazole rings is 1. The highest BCUT2D eigenvalue weighted by Crippen LogP contribution is 2.29. The zero-order valence-electron chi connectivity index (χ0n) is 19.5. The smallest absolute Gasteiger partial charge is 0.408 e. The van der Waals surface area contributed by atoms with Crippen LogP contribution >= 0.6 is 0 Å². The fourth-order valence-electron chi connectivity index (χ4n) is 4.46. The number of aliphatic hydroxyl groups is 1. The molecular formula is C23H28N6O6. The first kappa shape index (κ1) is 24.4. The summed E-state index contributed by atoms with van der Waals surface area (Å²) in [6.45, 7) is 4.52. The number of hydrogen-bond donors (Lipinski definition) is 4. The molecule has 1 fully saturated rings. The molecule has 1 amide bonds. The van der Waals surface area contributed by atoms with E-state index >= 15 is 0 Å². The highest BCUT2D eigenvalue weighted by molar-refractivity contribution is 5.89. The van der Waals surface area contributed by atoms with Crippen LogP contribution in [0.2, 0.25) is 0 Å². The standard InChI is InChI=1S/C23H28N6O6/c1-3-35-15(12-30)11-28-13(2)25-21-20(28)16(7-8-24-21)17-5-4-6-19(27-17)26-14-9-18(22(31)32)29(10-14)23(33)34/h4-8,14-15,18,30H,3,9-12H2,1-2H3,(H,26,27)(H,31,32)(H,33,34)/t14-,15?,18-/m0/s1. The Kier molecular flexibility index (Phi) is 7.12. The minimum atomic E-state index is -1.26. The Morgan fingerprint density at radius 3 is 2.71 bits per heavy atom. The minimum absolute atomic E-state index is 0.0453. The van der Waals surface area contributed by atoms with Crippen molar-refractivity contribution in [1.29, 1.82) is 0 Å². The molecule has 0 aromatic carbocycles. The number of hydrogen-bond acceptors (Lipinski definition) is 8. The number of rotatable bonds is 9. The lowest BCUT2D eigenvalue weighted by Gasteiger charge is -2.18. The molecular weight excluding hydrogens is 456 g/mol. The molecule has 1 aliphatic heterocycles. The van der Waals surface area contributed by atoms with Gasteiger partial charge in [-0.25, -0.2) is 24.5 Å². The van der Waals surface area contributed by atoms with Gasteiger partial charge in [0.1, 0.15) is 17.7 Å². The lowest BCUT2D eigenvalue weighted by atomic mass is 10.1. The van der Waals surface area contributed by atoms with Crippen molar-refractivity contribution in [2.24, 2.45) is 0 Å². The Morgan fingerprint density at radius 2 is 2.06 bits per heavy atom. The van der Waals surface area contributed by atoms with E-state index in [1.54, 1.807) is 12.3 Å². The molecule has 1 aliphatic rings. The number of carboxylic acids is 1. The van der Waals surface area contributed by atoms with Gasteiger partial charge < -0.3 is 29.9 Å². The Bertz CT molecular complexity index is 1210. The summed E-state index contributed by atoms with van der Waals surface area (Å²) in [5.41, 5.74) is 2.74. The Hall–Kier alpha value is -3.77. The lowest BCUT2D eigenvalue weighted by molar-refractivity contribution is -0.141. The van der Waals surface area contributed by atoms with Crippen LogP contribution in [-0.2, 0) is 16.1 Å². The number of carbonyl (C=O) groups is 2. The zero-order valence-corrected chi connectivity index (χ0v) is 19.5. The number of pyridine rings is 2. The number of fused-ring (bicyclic) bond motifs is 1. The van der Waals surface area contributed by atoms with Gasteiger partial charge in [-0.15, -0.1) is 0 Å².